The number of nitrogens with two attached hydrogens (primary N) is 1. The SMILES string of the molecule is Cc1cc(C(NN)c2cscc2Br)sc1Br. The molecule has 86 valence electrons. The quantitative estimate of drug-likeness (QED) is 0.617. The van der Waals surface area contributed by atoms with Crippen LogP contribution in [0.15, 0.2) is 25.1 Å². The lowest BCUT2D eigenvalue weighted by atomic mass is 10.1. The van der Waals surface area contributed by atoms with E-state index >= 15 is 0 Å². The molecule has 0 spiro atoms. The van der Waals surface area contributed by atoms with Crippen LogP contribution in [-0.4, -0.2) is 0 Å². The zero-order valence-corrected chi connectivity index (χ0v) is 13.3. The summed E-state index contributed by atoms with van der Waals surface area (Å²) in [6.45, 7) is 2.08. The van der Waals surface area contributed by atoms with E-state index in [2.05, 4.69) is 61.0 Å². The molecule has 2 rings (SSSR count). The Hall–Kier alpha value is 0.280. The normalized spacial score (nSPS) is 13.0. The first-order valence-electron chi connectivity index (χ1n) is 4.57. The van der Waals surface area contributed by atoms with E-state index in [1.807, 2.05) is 0 Å². The van der Waals surface area contributed by atoms with Crippen LogP contribution in [0.1, 0.15) is 22.0 Å². The van der Waals surface area contributed by atoms with Crippen LogP contribution >= 0.6 is 54.5 Å². The van der Waals surface area contributed by atoms with Crippen molar-refractivity contribution in [1.82, 2.24) is 5.43 Å². The minimum Gasteiger partial charge on any atom is -0.271 e. The van der Waals surface area contributed by atoms with Gasteiger partial charge in [-0.2, -0.15) is 11.3 Å². The molecule has 0 bridgehead atoms. The van der Waals surface area contributed by atoms with Crippen LogP contribution in [-0.2, 0) is 0 Å². The van der Waals surface area contributed by atoms with Crippen LogP contribution in [0.2, 0.25) is 0 Å². The van der Waals surface area contributed by atoms with Crippen molar-refractivity contribution in [2.45, 2.75) is 13.0 Å². The standard InChI is InChI=1S/C10H10Br2N2S2/c1-5-2-8(16-10(5)12)9(14-13)6-3-15-4-7(6)11/h2-4,9,14H,13H2,1H3. The highest BCUT2D eigenvalue weighted by molar-refractivity contribution is 9.11. The third kappa shape index (κ3) is 2.42. The van der Waals surface area contributed by atoms with Gasteiger partial charge in [-0.25, -0.2) is 5.43 Å². The number of aryl methyl sites for hydroxylation is 1. The van der Waals surface area contributed by atoms with Gasteiger partial charge in [-0.1, -0.05) is 0 Å². The number of hydrogen-bond acceptors (Lipinski definition) is 4. The van der Waals surface area contributed by atoms with E-state index in [0.717, 1.165) is 8.26 Å². The monoisotopic (exact) mass is 380 g/mol. The second-order valence-electron chi connectivity index (χ2n) is 3.38. The second kappa shape index (κ2) is 5.29. The van der Waals surface area contributed by atoms with Gasteiger partial charge >= 0.3 is 0 Å². The van der Waals surface area contributed by atoms with Gasteiger partial charge in [0.2, 0.25) is 0 Å². The van der Waals surface area contributed by atoms with Crippen molar-refractivity contribution >= 4 is 54.5 Å². The third-order valence-corrected chi connectivity index (χ3v) is 6.23. The molecule has 2 aromatic rings. The van der Waals surface area contributed by atoms with Crippen LogP contribution in [0.5, 0.6) is 0 Å². The van der Waals surface area contributed by atoms with Crippen LogP contribution in [0.4, 0.5) is 0 Å². The van der Waals surface area contributed by atoms with Gasteiger partial charge in [0, 0.05) is 20.3 Å². The lowest BCUT2D eigenvalue weighted by Crippen LogP contribution is -2.28. The van der Waals surface area contributed by atoms with Gasteiger partial charge in [0.1, 0.15) is 0 Å². The molecule has 1 atom stereocenters. The molecule has 1 unspecified atom stereocenters. The van der Waals surface area contributed by atoms with Crippen LogP contribution in [0, 0.1) is 6.92 Å². The summed E-state index contributed by atoms with van der Waals surface area (Å²) in [5, 5.41) is 4.17. The molecule has 0 aromatic carbocycles. The largest absolute Gasteiger partial charge is 0.271 e. The summed E-state index contributed by atoms with van der Waals surface area (Å²) in [5.41, 5.74) is 5.29. The van der Waals surface area contributed by atoms with E-state index in [1.165, 1.54) is 16.0 Å². The maximum absolute atomic E-state index is 5.65. The Balaban J connectivity index is 2.40. The Bertz CT molecular complexity index is 473. The predicted octanol–water partition coefficient (Wildman–Crippen LogP) is 4.20. The molecular formula is C10H10Br2N2S2. The molecule has 0 saturated heterocycles. The molecule has 3 N–H and O–H groups in total. The first-order valence-corrected chi connectivity index (χ1v) is 7.91. The van der Waals surface area contributed by atoms with Gasteiger partial charge in [-0.3, -0.25) is 5.84 Å². The smallest absolute Gasteiger partial charge is 0.0821 e. The van der Waals surface area contributed by atoms with Crippen LogP contribution in [0.25, 0.3) is 0 Å². The Morgan fingerprint density at radius 1 is 1.38 bits per heavy atom. The molecule has 0 aliphatic carbocycles. The summed E-state index contributed by atoms with van der Waals surface area (Å²) in [5.74, 6) is 5.65. The molecule has 2 nitrogen and oxygen atoms in total. The van der Waals surface area contributed by atoms with Gasteiger partial charge in [-0.05, 0) is 55.8 Å². The van der Waals surface area contributed by atoms with Gasteiger partial charge < -0.3 is 0 Å². The average Bonchev–Trinajstić information content (AvgIpc) is 2.78. The van der Waals surface area contributed by atoms with Gasteiger partial charge in [0.25, 0.3) is 0 Å². The van der Waals surface area contributed by atoms with Crippen molar-refractivity contribution in [2.24, 2.45) is 5.84 Å². The van der Waals surface area contributed by atoms with Gasteiger partial charge in [0.05, 0.1) is 9.83 Å². The molecule has 0 aliphatic heterocycles. The van der Waals surface area contributed by atoms with Gasteiger partial charge in [0.15, 0.2) is 0 Å². The zero-order valence-electron chi connectivity index (χ0n) is 8.46. The summed E-state index contributed by atoms with van der Waals surface area (Å²) >= 11 is 10.5. The molecule has 0 radical (unpaired) electrons. The highest BCUT2D eigenvalue weighted by Crippen LogP contribution is 2.37. The Morgan fingerprint density at radius 2 is 2.12 bits per heavy atom. The molecular weight excluding hydrogens is 372 g/mol. The third-order valence-electron chi connectivity index (χ3n) is 2.28. The van der Waals surface area contributed by atoms with Crippen LogP contribution < -0.4 is 11.3 Å². The summed E-state index contributed by atoms with van der Waals surface area (Å²) < 4.78 is 2.26. The van der Waals surface area contributed by atoms with E-state index in [1.54, 1.807) is 22.7 Å². The maximum atomic E-state index is 5.65. The maximum Gasteiger partial charge on any atom is 0.0821 e. The van der Waals surface area contributed by atoms with Crippen molar-refractivity contribution in [1.29, 1.82) is 0 Å². The summed E-state index contributed by atoms with van der Waals surface area (Å²) in [6.07, 6.45) is 0. The Kier molecular flexibility index (Phi) is 4.21. The fraction of sp³-hybridized carbons (Fsp3) is 0.200. The molecule has 2 heterocycles. The van der Waals surface area contributed by atoms with Crippen molar-refractivity contribution in [3.05, 3.63) is 41.1 Å². The lowest BCUT2D eigenvalue weighted by Gasteiger charge is -2.13. The number of hydrazine groups is 1. The number of nitrogens with one attached hydrogen (secondary N) is 1. The van der Waals surface area contributed by atoms with E-state index in [-0.39, 0.29) is 6.04 Å². The fourth-order valence-electron chi connectivity index (χ4n) is 1.45. The zero-order chi connectivity index (χ0) is 11.7. The predicted molar refractivity (Wildman–Crippen MR) is 77.9 cm³/mol. The summed E-state index contributed by atoms with van der Waals surface area (Å²) in [6, 6.07) is 2.21. The number of thiophene rings is 2. The average molecular weight is 382 g/mol. The molecule has 0 amide bonds. The summed E-state index contributed by atoms with van der Waals surface area (Å²) in [7, 11) is 0. The van der Waals surface area contributed by atoms with E-state index in [4.69, 9.17) is 5.84 Å². The molecule has 16 heavy (non-hydrogen) atoms. The van der Waals surface area contributed by atoms with Crippen molar-refractivity contribution in [3.8, 4) is 0 Å². The minimum absolute atomic E-state index is 0.0515. The number of halogens is 2. The topological polar surface area (TPSA) is 38.0 Å². The molecule has 2 aromatic heterocycles. The van der Waals surface area contributed by atoms with Crippen molar-refractivity contribution in [2.75, 3.05) is 0 Å². The highest BCUT2D eigenvalue weighted by atomic mass is 79.9. The van der Waals surface area contributed by atoms with E-state index in [0.29, 0.717) is 0 Å². The van der Waals surface area contributed by atoms with E-state index in [9.17, 15) is 0 Å². The first-order chi connectivity index (χ1) is 7.63. The minimum atomic E-state index is 0.0515. The Morgan fingerprint density at radius 3 is 2.56 bits per heavy atom. The lowest BCUT2D eigenvalue weighted by molar-refractivity contribution is 0.646. The fourth-order valence-corrected chi connectivity index (χ4v) is 4.65. The van der Waals surface area contributed by atoms with E-state index < -0.39 is 0 Å². The molecule has 0 fully saturated rings. The second-order valence-corrected chi connectivity index (χ2v) is 7.38. The molecule has 6 heteroatoms. The first kappa shape index (κ1) is 12.7. The number of hydrogen-bond donors (Lipinski definition) is 2. The van der Waals surface area contributed by atoms with Gasteiger partial charge in [-0.15, -0.1) is 11.3 Å². The number of rotatable bonds is 3. The molecule has 0 saturated carbocycles. The summed E-state index contributed by atoms with van der Waals surface area (Å²) in [4.78, 5) is 1.21. The Labute approximate surface area is 119 Å². The molecule has 0 aliphatic rings. The van der Waals surface area contributed by atoms with Crippen molar-refractivity contribution < 1.29 is 0 Å². The van der Waals surface area contributed by atoms with Crippen LogP contribution in [0.3, 0.4) is 0 Å². The highest BCUT2D eigenvalue weighted by Gasteiger charge is 2.18. The van der Waals surface area contributed by atoms with Crippen molar-refractivity contribution in [3.63, 3.8) is 0 Å².